The zero-order chi connectivity index (χ0) is 19.6. The molecule has 0 aliphatic rings. The average Bonchev–Trinajstić information content (AvgIpc) is 3.03. The van der Waals surface area contributed by atoms with Gasteiger partial charge >= 0.3 is 6.18 Å². The van der Waals surface area contributed by atoms with Gasteiger partial charge in [0.15, 0.2) is 6.61 Å². The molecule has 2 N–H and O–H groups in total. The van der Waals surface area contributed by atoms with Gasteiger partial charge in [-0.15, -0.1) is 0 Å². The maximum Gasteiger partial charge on any atom is 0.422 e. The summed E-state index contributed by atoms with van der Waals surface area (Å²) in [5.74, 6) is -0.337. The first-order chi connectivity index (χ1) is 12.7. The third-order valence-corrected chi connectivity index (χ3v) is 4.02. The van der Waals surface area contributed by atoms with Crippen molar-refractivity contribution in [1.82, 2.24) is 15.3 Å². The Morgan fingerprint density at radius 2 is 2.07 bits per heavy atom. The van der Waals surface area contributed by atoms with E-state index in [4.69, 9.17) is 11.6 Å². The molecular formula is C18H15ClF3N3O2. The van der Waals surface area contributed by atoms with Gasteiger partial charge in [0.1, 0.15) is 11.4 Å². The predicted octanol–water partition coefficient (Wildman–Crippen LogP) is 4.65. The van der Waals surface area contributed by atoms with Crippen molar-refractivity contribution >= 4 is 28.4 Å². The normalized spacial score (nSPS) is 12.8. The summed E-state index contributed by atoms with van der Waals surface area (Å²) in [6.07, 6.45) is -3.22. The lowest BCUT2D eigenvalue weighted by Crippen LogP contribution is -2.27. The SMILES string of the molecule is CC(NC(=O)c1cc2cc(Cl)ccc2[nH]1)c1ccc(OCC(F)(F)F)cn1. The molecule has 1 unspecified atom stereocenters. The highest BCUT2D eigenvalue weighted by atomic mass is 35.5. The smallest absolute Gasteiger partial charge is 0.422 e. The van der Waals surface area contributed by atoms with Crippen LogP contribution >= 0.6 is 11.6 Å². The minimum Gasteiger partial charge on any atom is -0.483 e. The van der Waals surface area contributed by atoms with Crippen LogP contribution in [0.3, 0.4) is 0 Å². The fourth-order valence-corrected chi connectivity index (χ4v) is 2.65. The number of aromatic amines is 1. The number of carbonyl (C=O) groups is 1. The first-order valence-corrected chi connectivity index (χ1v) is 8.34. The summed E-state index contributed by atoms with van der Waals surface area (Å²) in [7, 11) is 0. The summed E-state index contributed by atoms with van der Waals surface area (Å²) in [5, 5.41) is 4.16. The van der Waals surface area contributed by atoms with E-state index in [-0.39, 0.29) is 11.7 Å². The molecular weight excluding hydrogens is 383 g/mol. The Kier molecular flexibility index (Phi) is 5.27. The zero-order valence-corrected chi connectivity index (χ0v) is 14.9. The molecule has 2 heterocycles. The second kappa shape index (κ2) is 7.48. The molecule has 5 nitrogen and oxygen atoms in total. The Morgan fingerprint density at radius 3 is 2.74 bits per heavy atom. The number of ether oxygens (including phenoxy) is 1. The highest BCUT2D eigenvalue weighted by molar-refractivity contribution is 6.31. The number of hydrogen-bond acceptors (Lipinski definition) is 3. The van der Waals surface area contributed by atoms with Crippen molar-refractivity contribution in [1.29, 1.82) is 0 Å². The molecule has 9 heteroatoms. The number of halogens is 4. The topological polar surface area (TPSA) is 67.0 Å². The molecule has 0 spiro atoms. The molecule has 27 heavy (non-hydrogen) atoms. The maximum atomic E-state index is 12.4. The molecule has 0 aliphatic heterocycles. The number of rotatable bonds is 5. The average molecular weight is 398 g/mol. The van der Waals surface area contributed by atoms with E-state index in [1.54, 1.807) is 31.2 Å². The standard InChI is InChI=1S/C18H15ClF3N3O2/c1-10(14-5-3-13(8-23-14)27-9-18(20,21)22)24-17(26)16-7-11-6-12(19)2-4-15(11)25-16/h2-8,10,25H,9H2,1H3,(H,24,26). The van der Waals surface area contributed by atoms with Gasteiger partial charge in [-0.2, -0.15) is 13.2 Å². The number of fused-ring (bicyclic) bond motifs is 1. The van der Waals surface area contributed by atoms with Crippen LogP contribution in [-0.4, -0.2) is 28.7 Å². The molecule has 1 aromatic carbocycles. The van der Waals surface area contributed by atoms with Gasteiger partial charge in [0.25, 0.3) is 5.91 Å². The predicted molar refractivity (Wildman–Crippen MR) is 95.0 cm³/mol. The minimum atomic E-state index is -4.41. The molecule has 1 amide bonds. The van der Waals surface area contributed by atoms with Crippen LogP contribution in [0.5, 0.6) is 5.75 Å². The van der Waals surface area contributed by atoms with Gasteiger partial charge in [-0.25, -0.2) is 0 Å². The van der Waals surface area contributed by atoms with Crippen molar-refractivity contribution in [3.63, 3.8) is 0 Å². The molecule has 1 atom stereocenters. The number of pyridine rings is 1. The van der Waals surface area contributed by atoms with Crippen LogP contribution in [0.2, 0.25) is 5.02 Å². The lowest BCUT2D eigenvalue weighted by Gasteiger charge is -2.14. The van der Waals surface area contributed by atoms with Gasteiger partial charge in [-0.3, -0.25) is 9.78 Å². The minimum absolute atomic E-state index is 0.00194. The van der Waals surface area contributed by atoms with E-state index in [1.807, 2.05) is 0 Å². The first-order valence-electron chi connectivity index (χ1n) is 7.96. The van der Waals surface area contributed by atoms with Gasteiger partial charge < -0.3 is 15.0 Å². The van der Waals surface area contributed by atoms with E-state index in [2.05, 4.69) is 20.0 Å². The van der Waals surface area contributed by atoms with E-state index in [0.29, 0.717) is 16.4 Å². The van der Waals surface area contributed by atoms with Gasteiger partial charge in [0, 0.05) is 15.9 Å². The van der Waals surface area contributed by atoms with Crippen LogP contribution in [0.1, 0.15) is 29.1 Å². The summed E-state index contributed by atoms with van der Waals surface area (Å²) in [5.41, 5.74) is 1.63. The first kappa shape index (κ1) is 19.0. The second-order valence-electron chi connectivity index (χ2n) is 5.93. The fraction of sp³-hybridized carbons (Fsp3) is 0.222. The summed E-state index contributed by atoms with van der Waals surface area (Å²) >= 11 is 5.94. The fourth-order valence-electron chi connectivity index (χ4n) is 2.47. The van der Waals surface area contributed by atoms with E-state index in [9.17, 15) is 18.0 Å². The van der Waals surface area contributed by atoms with E-state index >= 15 is 0 Å². The van der Waals surface area contributed by atoms with Crippen molar-refractivity contribution in [2.24, 2.45) is 0 Å². The maximum absolute atomic E-state index is 12.4. The molecule has 0 saturated heterocycles. The monoisotopic (exact) mass is 397 g/mol. The Hall–Kier alpha value is -2.74. The Balaban J connectivity index is 1.65. The molecule has 3 aromatic rings. The van der Waals surface area contributed by atoms with Crippen LogP contribution in [0.25, 0.3) is 10.9 Å². The lowest BCUT2D eigenvalue weighted by atomic mass is 10.2. The van der Waals surface area contributed by atoms with Crippen molar-refractivity contribution < 1.29 is 22.7 Å². The number of hydrogen-bond donors (Lipinski definition) is 2. The van der Waals surface area contributed by atoms with E-state index in [0.717, 1.165) is 10.9 Å². The van der Waals surface area contributed by atoms with Gasteiger partial charge in [-0.1, -0.05) is 11.6 Å². The van der Waals surface area contributed by atoms with Gasteiger partial charge in [-0.05, 0) is 43.3 Å². The largest absolute Gasteiger partial charge is 0.483 e. The number of H-pyrrole nitrogens is 1. The molecule has 0 fully saturated rings. The number of benzene rings is 1. The van der Waals surface area contributed by atoms with Crippen LogP contribution < -0.4 is 10.1 Å². The van der Waals surface area contributed by atoms with Gasteiger partial charge in [0.2, 0.25) is 0 Å². The zero-order valence-electron chi connectivity index (χ0n) is 14.1. The molecule has 2 aromatic heterocycles. The molecule has 0 bridgehead atoms. The molecule has 0 radical (unpaired) electrons. The highest BCUT2D eigenvalue weighted by Gasteiger charge is 2.28. The number of alkyl halides is 3. The lowest BCUT2D eigenvalue weighted by molar-refractivity contribution is -0.153. The van der Waals surface area contributed by atoms with Crippen molar-refractivity contribution in [3.05, 3.63) is 59.0 Å². The number of carbonyl (C=O) groups excluding carboxylic acids is 1. The Morgan fingerprint density at radius 1 is 1.30 bits per heavy atom. The van der Waals surface area contributed by atoms with Crippen molar-refractivity contribution in [2.45, 2.75) is 19.1 Å². The Labute approximate surface area is 157 Å². The van der Waals surface area contributed by atoms with Crippen molar-refractivity contribution in [3.8, 4) is 5.75 Å². The second-order valence-corrected chi connectivity index (χ2v) is 6.37. The summed E-state index contributed by atoms with van der Waals surface area (Å²) in [6.45, 7) is 0.334. The number of aromatic nitrogens is 2. The highest BCUT2D eigenvalue weighted by Crippen LogP contribution is 2.22. The third-order valence-electron chi connectivity index (χ3n) is 3.78. The number of amides is 1. The van der Waals surface area contributed by atoms with Crippen molar-refractivity contribution in [2.75, 3.05) is 6.61 Å². The Bertz CT molecular complexity index is 955. The molecule has 0 aliphatic carbocycles. The molecule has 0 saturated carbocycles. The van der Waals surface area contributed by atoms with Crippen LogP contribution in [0, 0.1) is 0 Å². The molecule has 3 rings (SSSR count). The van der Waals surface area contributed by atoms with Gasteiger partial charge in [0.05, 0.1) is 17.9 Å². The van der Waals surface area contributed by atoms with Crippen LogP contribution in [0.4, 0.5) is 13.2 Å². The number of nitrogens with one attached hydrogen (secondary N) is 2. The van der Waals surface area contributed by atoms with Crippen LogP contribution in [-0.2, 0) is 0 Å². The number of nitrogens with zero attached hydrogens (tertiary/aromatic N) is 1. The summed E-state index contributed by atoms with van der Waals surface area (Å²) in [6, 6.07) is 9.35. The quantitative estimate of drug-likeness (QED) is 0.658. The van der Waals surface area contributed by atoms with Crippen LogP contribution in [0.15, 0.2) is 42.6 Å². The summed E-state index contributed by atoms with van der Waals surface area (Å²) in [4.78, 5) is 19.5. The molecule has 142 valence electrons. The third kappa shape index (κ3) is 4.91. The summed E-state index contributed by atoms with van der Waals surface area (Å²) < 4.78 is 41.1. The van der Waals surface area contributed by atoms with E-state index < -0.39 is 18.8 Å². The van der Waals surface area contributed by atoms with E-state index in [1.165, 1.54) is 18.3 Å².